The predicted molar refractivity (Wildman–Crippen MR) is 276 cm³/mol. The zero-order chi connectivity index (χ0) is 53.4. The first kappa shape index (κ1) is 52.8. The van der Waals surface area contributed by atoms with Gasteiger partial charge in [0, 0.05) is 74.2 Å². The first-order valence-electron chi connectivity index (χ1n) is 24.2. The van der Waals surface area contributed by atoms with Gasteiger partial charge in [-0.1, -0.05) is 11.3 Å². The molecule has 3 amide bonds. The first-order chi connectivity index (χ1) is 36.0. The molecular formula is C53H55BF4N12O5. The van der Waals surface area contributed by atoms with Crippen molar-refractivity contribution in [1.82, 2.24) is 35.4 Å². The first-order valence-corrected chi connectivity index (χ1v) is 24.2. The molecule has 0 radical (unpaired) electrons. The van der Waals surface area contributed by atoms with Crippen molar-refractivity contribution in [3.63, 3.8) is 0 Å². The molecule has 4 heterocycles. The quantitative estimate of drug-likeness (QED) is 0.0225. The number of hydrogen-bond acceptors (Lipinski definition) is 11. The third-order valence-corrected chi connectivity index (χ3v) is 12.7. The van der Waals surface area contributed by atoms with E-state index in [1.807, 2.05) is 43.3 Å². The van der Waals surface area contributed by atoms with Crippen molar-refractivity contribution in [3.8, 4) is 11.4 Å². The second-order valence-electron chi connectivity index (χ2n) is 18.4. The highest BCUT2D eigenvalue weighted by Gasteiger charge is 2.52. The molecule has 6 aromatic rings. The van der Waals surface area contributed by atoms with Gasteiger partial charge in [-0.05, 0) is 141 Å². The Kier molecular flexibility index (Phi) is 16.3. The Labute approximate surface area is 429 Å². The summed E-state index contributed by atoms with van der Waals surface area (Å²) >= 11 is 0. The molecule has 17 nitrogen and oxygen atoms in total. The highest BCUT2D eigenvalue weighted by Crippen LogP contribution is 2.35. The fraction of sp³-hybridized carbons (Fsp3) is 0.264. The van der Waals surface area contributed by atoms with Crippen molar-refractivity contribution in [2.45, 2.75) is 65.1 Å². The number of anilines is 1. The molecule has 0 fully saturated rings. The van der Waals surface area contributed by atoms with Crippen LogP contribution in [0.3, 0.4) is 0 Å². The van der Waals surface area contributed by atoms with Crippen LogP contribution in [0.4, 0.5) is 34.5 Å². The lowest BCUT2D eigenvalue weighted by Gasteiger charge is -2.30. The predicted octanol–water partition coefficient (Wildman–Crippen LogP) is 7.95. The molecule has 22 heteroatoms. The number of aromatic nitrogens is 4. The average molecular weight is 1030 g/mol. The standard InChI is InChI=1S/C53H55BF4N12O5/c1-33-24-34(2)69-48(33)28-44-20-19-42(70(44)54(69,57)58)21-22-50(72)60-30-40-31-68(66-65-40)43-9-7-8-37(27-43)53(74)62-47(10-5-6-23-59)49(71)32-75-51-45(55)25-35(26-46(51)56)29-61-52(73)36-11-13-38(14-12-36)63-64-39-15-17-41(18-16-39)67(3)4/h7-9,11-20,24-28,31,47H,5-6,10,21-23,29-30,32,59H2,1-4H3,(H,60,72)(H,61,73)(H,62,74). The Bertz CT molecular complexity index is 3240. The van der Waals surface area contributed by atoms with Crippen molar-refractivity contribution in [1.29, 1.82) is 0 Å². The minimum atomic E-state index is -4.15. The monoisotopic (exact) mass is 1030 g/mol. The summed E-state index contributed by atoms with van der Waals surface area (Å²) in [4.78, 5) is 54.9. The number of hydrogen-bond donors (Lipinski definition) is 4. The van der Waals surface area contributed by atoms with E-state index in [0.29, 0.717) is 64.9 Å². The van der Waals surface area contributed by atoms with Crippen LogP contribution in [0.15, 0.2) is 125 Å². The number of carbonyl (C=O) groups excluding carboxylic acids is 4. The number of ketones is 1. The Morgan fingerprint density at radius 1 is 0.853 bits per heavy atom. The molecule has 1 atom stereocenters. The van der Waals surface area contributed by atoms with E-state index >= 15 is 17.4 Å². The van der Waals surface area contributed by atoms with Crippen LogP contribution >= 0.6 is 0 Å². The number of ether oxygens (including phenoxy) is 1. The number of fused-ring (bicyclic) bond motifs is 2. The number of carbonyl (C=O) groups is 4. The van der Waals surface area contributed by atoms with Crippen LogP contribution in [0.25, 0.3) is 11.8 Å². The fourth-order valence-electron chi connectivity index (χ4n) is 8.75. The van der Waals surface area contributed by atoms with E-state index < -0.39 is 54.6 Å². The number of amides is 3. The SMILES string of the molecule is Cc1cc(C)n2c1C=C1C=CC(CCC(=O)NCc3cn(-c4cccc(C(=O)NC(CCCCN)C(=O)COc5c(F)cc(CNC(=O)c6ccc(N=Nc7ccc(N(C)C)cc7)cc6)cc5F)c4)nn3)=[N+]1[B-]2(F)F. The largest absolute Gasteiger partial charge is 0.737 e. The van der Waals surface area contributed by atoms with E-state index in [4.69, 9.17) is 10.5 Å². The van der Waals surface area contributed by atoms with Crippen LogP contribution in [0.5, 0.6) is 5.75 Å². The molecule has 2 aliphatic heterocycles. The number of rotatable bonds is 22. The number of nitrogens with one attached hydrogen (secondary N) is 3. The van der Waals surface area contributed by atoms with Crippen LogP contribution in [0.1, 0.15) is 81.0 Å². The Morgan fingerprint density at radius 3 is 2.25 bits per heavy atom. The van der Waals surface area contributed by atoms with Gasteiger partial charge in [0.15, 0.2) is 28.9 Å². The van der Waals surface area contributed by atoms with Gasteiger partial charge in [-0.15, -0.1) is 5.10 Å². The number of halogens is 4. The number of azo groups is 1. The minimum Gasteiger partial charge on any atom is -0.480 e. The number of nitrogens with two attached hydrogens (primary N) is 1. The van der Waals surface area contributed by atoms with Crippen molar-refractivity contribution in [3.05, 3.63) is 166 Å². The molecule has 0 spiro atoms. The molecular weight excluding hydrogens is 971 g/mol. The van der Waals surface area contributed by atoms with Gasteiger partial charge in [-0.25, -0.2) is 13.5 Å². The minimum absolute atomic E-state index is 0.00452. The Hall–Kier alpha value is -8.53. The molecule has 4 aromatic carbocycles. The van der Waals surface area contributed by atoms with E-state index in [9.17, 15) is 19.2 Å². The van der Waals surface area contributed by atoms with E-state index in [1.54, 1.807) is 80.7 Å². The summed E-state index contributed by atoms with van der Waals surface area (Å²) in [5, 5.41) is 24.8. The second kappa shape index (κ2) is 23.1. The summed E-state index contributed by atoms with van der Waals surface area (Å²) in [6, 6.07) is 22.8. The molecule has 0 aliphatic carbocycles. The van der Waals surface area contributed by atoms with Crippen molar-refractivity contribution >= 4 is 59.3 Å². The van der Waals surface area contributed by atoms with Gasteiger partial charge in [0.1, 0.15) is 18.0 Å². The van der Waals surface area contributed by atoms with Crippen LogP contribution in [-0.2, 0) is 22.7 Å². The summed E-state index contributed by atoms with van der Waals surface area (Å²) < 4.78 is 71.0. The maximum absolute atomic E-state index is 15.8. The van der Waals surface area contributed by atoms with Gasteiger partial charge in [0.2, 0.25) is 5.91 Å². The number of unbranched alkanes of at least 4 members (excludes halogenated alkanes) is 1. The highest BCUT2D eigenvalue weighted by molar-refractivity contribution is 6.58. The van der Waals surface area contributed by atoms with Crippen LogP contribution in [0.2, 0.25) is 0 Å². The molecule has 0 saturated heterocycles. The van der Waals surface area contributed by atoms with Gasteiger partial charge in [0.05, 0.1) is 35.8 Å². The fourth-order valence-corrected chi connectivity index (χ4v) is 8.75. The molecule has 0 saturated carbocycles. The average Bonchev–Trinajstić information content (AvgIpc) is 4.13. The smallest absolute Gasteiger partial charge is 0.480 e. The summed E-state index contributed by atoms with van der Waals surface area (Å²) in [7, 11) is 3.87. The molecule has 0 bridgehead atoms. The van der Waals surface area contributed by atoms with Crippen LogP contribution in [-0.4, -0.2) is 93.4 Å². The highest BCUT2D eigenvalue weighted by atomic mass is 19.2. The molecule has 75 heavy (non-hydrogen) atoms. The number of nitrogens with zero attached hydrogens (tertiary/aromatic N) is 8. The lowest BCUT2D eigenvalue weighted by molar-refractivity contribution is -0.362. The van der Waals surface area contributed by atoms with Gasteiger partial charge in [-0.3, -0.25) is 19.2 Å². The zero-order valence-corrected chi connectivity index (χ0v) is 41.7. The normalized spacial score (nSPS) is 13.8. The molecule has 2 aliphatic rings. The molecule has 1 unspecified atom stereocenters. The van der Waals surface area contributed by atoms with Crippen molar-refractivity contribution in [2.24, 2.45) is 16.0 Å². The van der Waals surface area contributed by atoms with E-state index in [-0.39, 0.29) is 54.9 Å². The molecule has 8 rings (SSSR count). The maximum Gasteiger partial charge on any atom is 0.737 e. The van der Waals surface area contributed by atoms with E-state index in [0.717, 1.165) is 32.3 Å². The number of Topliss-reactive ketones (excluding diaryl/α,β-unsaturated/α-hetero) is 1. The Balaban J connectivity index is 0.816. The molecule has 5 N–H and O–H groups in total. The zero-order valence-electron chi connectivity index (χ0n) is 41.7. The topological polar surface area (TPSA) is 206 Å². The Morgan fingerprint density at radius 2 is 1.56 bits per heavy atom. The molecule has 2 aromatic heterocycles. The number of aryl methyl sites for hydroxylation is 2. The molecule has 388 valence electrons. The van der Waals surface area contributed by atoms with Crippen molar-refractivity contribution < 1.29 is 45.8 Å². The van der Waals surface area contributed by atoms with E-state index in [1.165, 1.54) is 16.8 Å². The number of benzene rings is 4. The number of allylic oxidation sites excluding steroid dienone is 2. The summed E-state index contributed by atoms with van der Waals surface area (Å²) in [5.41, 5.74) is 11.6. The third kappa shape index (κ3) is 12.5. The van der Waals surface area contributed by atoms with Crippen LogP contribution in [0, 0.1) is 25.5 Å². The van der Waals surface area contributed by atoms with Gasteiger partial charge in [0.25, 0.3) is 11.8 Å². The van der Waals surface area contributed by atoms with Gasteiger partial charge < -0.3 is 48.9 Å². The summed E-state index contributed by atoms with van der Waals surface area (Å²) in [6.45, 7) is -1.36. The van der Waals surface area contributed by atoms with Crippen LogP contribution < -0.4 is 31.3 Å². The maximum atomic E-state index is 15.8. The third-order valence-electron chi connectivity index (χ3n) is 12.7. The summed E-state index contributed by atoms with van der Waals surface area (Å²) in [5.74, 6) is -5.13. The van der Waals surface area contributed by atoms with Gasteiger partial charge >= 0.3 is 6.97 Å². The lowest BCUT2D eigenvalue weighted by atomic mass is 9.90. The van der Waals surface area contributed by atoms with E-state index in [2.05, 4.69) is 36.5 Å². The van der Waals surface area contributed by atoms with Crippen molar-refractivity contribution in [2.75, 3.05) is 32.1 Å². The lowest BCUT2D eigenvalue weighted by Crippen LogP contribution is -2.50. The summed E-state index contributed by atoms with van der Waals surface area (Å²) in [6.07, 6.45) is 7.72. The van der Waals surface area contributed by atoms with Gasteiger partial charge in [-0.2, -0.15) is 10.2 Å². The second-order valence-corrected chi connectivity index (χ2v) is 18.4.